The second-order valence-corrected chi connectivity index (χ2v) is 8.07. The summed E-state index contributed by atoms with van der Waals surface area (Å²) in [4.78, 5) is 0. The molecule has 0 radical (unpaired) electrons. The predicted molar refractivity (Wildman–Crippen MR) is 76.0 cm³/mol. The highest BCUT2D eigenvalue weighted by molar-refractivity contribution is 7.99. The Morgan fingerprint density at radius 2 is 1.67 bits per heavy atom. The predicted octanol–water partition coefficient (Wildman–Crippen LogP) is 0.211. The second kappa shape index (κ2) is 6.56. The molecule has 0 saturated carbocycles. The van der Waals surface area contributed by atoms with Gasteiger partial charge in [0.1, 0.15) is 0 Å². The van der Waals surface area contributed by atoms with E-state index in [1.54, 1.807) is 8.61 Å². The molecular weight excluding hydrogens is 270 g/mol. The average Bonchev–Trinajstić information content (AvgIpc) is 2.41. The third-order valence-corrected chi connectivity index (χ3v) is 6.67. The van der Waals surface area contributed by atoms with Crippen LogP contribution < -0.4 is 5.32 Å². The van der Waals surface area contributed by atoms with Crippen molar-refractivity contribution in [2.75, 3.05) is 51.3 Å². The van der Waals surface area contributed by atoms with E-state index >= 15 is 0 Å². The normalized spacial score (nSPS) is 25.4. The average molecular weight is 293 g/mol. The highest BCUT2D eigenvalue weighted by atomic mass is 32.2. The van der Waals surface area contributed by atoms with E-state index < -0.39 is 10.2 Å². The molecule has 7 heteroatoms. The molecular formula is C11H23N3O2S2. The molecule has 5 nitrogen and oxygen atoms in total. The molecule has 0 aliphatic carbocycles. The lowest BCUT2D eigenvalue weighted by Gasteiger charge is -2.36. The smallest absolute Gasteiger partial charge is 0.282 e. The standard InChI is InChI=1S/C11H23N3O2S2/c1-12-10-11-2-4-13(5-3-11)18(15,16)14-6-8-17-9-7-14/h11-12H,2-10H2,1H3. The minimum atomic E-state index is -3.19. The van der Waals surface area contributed by atoms with E-state index in [9.17, 15) is 8.42 Å². The molecule has 2 fully saturated rings. The molecule has 18 heavy (non-hydrogen) atoms. The fraction of sp³-hybridized carbons (Fsp3) is 1.00. The highest BCUT2D eigenvalue weighted by Gasteiger charge is 2.33. The van der Waals surface area contributed by atoms with Gasteiger partial charge in [0.2, 0.25) is 0 Å². The molecule has 0 atom stereocenters. The van der Waals surface area contributed by atoms with Crippen molar-refractivity contribution in [3.8, 4) is 0 Å². The molecule has 2 rings (SSSR count). The fourth-order valence-corrected chi connectivity index (χ4v) is 5.35. The largest absolute Gasteiger partial charge is 0.319 e. The Morgan fingerprint density at radius 3 is 2.22 bits per heavy atom. The maximum Gasteiger partial charge on any atom is 0.282 e. The Labute approximate surface area is 114 Å². The molecule has 106 valence electrons. The highest BCUT2D eigenvalue weighted by Crippen LogP contribution is 2.22. The van der Waals surface area contributed by atoms with Gasteiger partial charge < -0.3 is 5.32 Å². The minimum Gasteiger partial charge on any atom is -0.319 e. The van der Waals surface area contributed by atoms with Crippen LogP contribution in [0.1, 0.15) is 12.8 Å². The summed E-state index contributed by atoms with van der Waals surface area (Å²) in [5, 5.41) is 3.17. The van der Waals surface area contributed by atoms with Gasteiger partial charge >= 0.3 is 0 Å². The molecule has 2 aliphatic heterocycles. The van der Waals surface area contributed by atoms with Gasteiger partial charge in [-0.1, -0.05) is 0 Å². The molecule has 2 saturated heterocycles. The first kappa shape index (κ1) is 14.6. The third kappa shape index (κ3) is 3.39. The van der Waals surface area contributed by atoms with E-state index in [2.05, 4.69) is 5.32 Å². The van der Waals surface area contributed by atoms with Crippen LogP contribution in [0.2, 0.25) is 0 Å². The van der Waals surface area contributed by atoms with Crippen molar-refractivity contribution in [1.29, 1.82) is 0 Å². The van der Waals surface area contributed by atoms with Gasteiger partial charge in [-0.25, -0.2) is 0 Å². The first-order valence-electron chi connectivity index (χ1n) is 6.62. The molecule has 0 aromatic carbocycles. The number of hydrogen-bond acceptors (Lipinski definition) is 4. The zero-order valence-electron chi connectivity index (χ0n) is 11.0. The van der Waals surface area contributed by atoms with Crippen molar-refractivity contribution < 1.29 is 8.42 Å². The topological polar surface area (TPSA) is 52.7 Å². The molecule has 2 heterocycles. The lowest BCUT2D eigenvalue weighted by molar-refractivity contribution is 0.254. The van der Waals surface area contributed by atoms with E-state index in [1.165, 1.54) is 0 Å². The SMILES string of the molecule is CNCC1CCN(S(=O)(=O)N2CCSCC2)CC1. The number of nitrogens with zero attached hydrogens (tertiary/aromatic N) is 2. The summed E-state index contributed by atoms with van der Waals surface area (Å²) in [6.45, 7) is 3.69. The maximum atomic E-state index is 12.4. The van der Waals surface area contributed by atoms with Crippen LogP contribution in [-0.4, -0.2) is 68.3 Å². The zero-order valence-corrected chi connectivity index (χ0v) is 12.6. The lowest BCUT2D eigenvalue weighted by atomic mass is 9.98. The number of thioether (sulfide) groups is 1. The van der Waals surface area contributed by atoms with Crippen molar-refractivity contribution in [2.45, 2.75) is 12.8 Å². The van der Waals surface area contributed by atoms with E-state index in [0.717, 1.165) is 30.9 Å². The molecule has 0 amide bonds. The number of piperidine rings is 1. The Balaban J connectivity index is 1.91. The number of nitrogens with one attached hydrogen (secondary N) is 1. The molecule has 0 bridgehead atoms. The second-order valence-electron chi connectivity index (χ2n) is 4.92. The van der Waals surface area contributed by atoms with E-state index in [1.807, 2.05) is 18.8 Å². The van der Waals surface area contributed by atoms with Crippen molar-refractivity contribution in [1.82, 2.24) is 13.9 Å². The molecule has 1 N–H and O–H groups in total. The van der Waals surface area contributed by atoms with Crippen molar-refractivity contribution in [2.24, 2.45) is 5.92 Å². The van der Waals surface area contributed by atoms with Crippen LogP contribution in [0, 0.1) is 5.92 Å². The van der Waals surface area contributed by atoms with Crippen LogP contribution in [0.3, 0.4) is 0 Å². The van der Waals surface area contributed by atoms with Gasteiger partial charge in [-0.05, 0) is 32.4 Å². The Hall–Kier alpha value is 0.180. The Morgan fingerprint density at radius 1 is 1.11 bits per heavy atom. The fourth-order valence-electron chi connectivity index (χ4n) is 2.57. The maximum absolute atomic E-state index is 12.4. The van der Waals surface area contributed by atoms with Crippen LogP contribution in [0.4, 0.5) is 0 Å². The number of hydrogen-bond donors (Lipinski definition) is 1. The summed E-state index contributed by atoms with van der Waals surface area (Å²) in [5.41, 5.74) is 0. The summed E-state index contributed by atoms with van der Waals surface area (Å²) in [5.74, 6) is 2.48. The van der Waals surface area contributed by atoms with Gasteiger partial charge in [-0.15, -0.1) is 0 Å². The van der Waals surface area contributed by atoms with Crippen molar-refractivity contribution in [3.63, 3.8) is 0 Å². The van der Waals surface area contributed by atoms with Gasteiger partial charge in [0, 0.05) is 37.7 Å². The number of rotatable bonds is 4. The van der Waals surface area contributed by atoms with Crippen LogP contribution in [0.25, 0.3) is 0 Å². The lowest BCUT2D eigenvalue weighted by Crippen LogP contribution is -2.50. The van der Waals surface area contributed by atoms with E-state index in [-0.39, 0.29) is 0 Å². The summed E-state index contributed by atoms with van der Waals surface area (Å²) < 4.78 is 28.2. The Bertz CT molecular complexity index is 347. The molecule has 2 aliphatic rings. The summed E-state index contributed by atoms with van der Waals surface area (Å²) in [7, 11) is -1.24. The van der Waals surface area contributed by atoms with Crippen LogP contribution in [0.15, 0.2) is 0 Å². The van der Waals surface area contributed by atoms with Crippen LogP contribution >= 0.6 is 11.8 Å². The van der Waals surface area contributed by atoms with Crippen molar-refractivity contribution in [3.05, 3.63) is 0 Å². The molecule has 0 aromatic heterocycles. The Kier molecular flexibility index (Phi) is 5.32. The van der Waals surface area contributed by atoms with Gasteiger partial charge in [0.05, 0.1) is 0 Å². The van der Waals surface area contributed by atoms with Gasteiger partial charge in [0.15, 0.2) is 0 Å². The van der Waals surface area contributed by atoms with Gasteiger partial charge in [-0.3, -0.25) is 0 Å². The molecule has 0 spiro atoms. The van der Waals surface area contributed by atoms with Crippen LogP contribution in [-0.2, 0) is 10.2 Å². The van der Waals surface area contributed by atoms with E-state index in [4.69, 9.17) is 0 Å². The molecule has 0 aromatic rings. The zero-order chi connectivity index (χ0) is 13.0. The third-order valence-electron chi connectivity index (χ3n) is 3.69. The van der Waals surface area contributed by atoms with E-state index in [0.29, 0.717) is 32.1 Å². The first-order valence-corrected chi connectivity index (χ1v) is 9.17. The summed E-state index contributed by atoms with van der Waals surface area (Å²) in [6, 6.07) is 0. The quantitative estimate of drug-likeness (QED) is 0.805. The summed E-state index contributed by atoms with van der Waals surface area (Å²) >= 11 is 1.84. The van der Waals surface area contributed by atoms with Crippen LogP contribution in [0.5, 0.6) is 0 Å². The summed E-state index contributed by atoms with van der Waals surface area (Å²) in [6.07, 6.45) is 1.95. The molecule has 0 unspecified atom stereocenters. The van der Waals surface area contributed by atoms with Crippen molar-refractivity contribution >= 4 is 22.0 Å². The minimum absolute atomic E-state index is 0.623. The van der Waals surface area contributed by atoms with Gasteiger partial charge in [-0.2, -0.15) is 28.8 Å². The van der Waals surface area contributed by atoms with Gasteiger partial charge in [0.25, 0.3) is 10.2 Å². The first-order chi connectivity index (χ1) is 8.64. The monoisotopic (exact) mass is 293 g/mol.